The lowest BCUT2D eigenvalue weighted by atomic mass is 10.3. The molecule has 0 atom stereocenters. The number of H-pyrrole nitrogens is 2. The summed E-state index contributed by atoms with van der Waals surface area (Å²) in [5, 5.41) is 6.63. The van der Waals surface area contributed by atoms with Gasteiger partial charge in [-0.2, -0.15) is 5.10 Å². The van der Waals surface area contributed by atoms with E-state index in [0.29, 0.717) is 21.3 Å². The molecule has 4 nitrogen and oxygen atoms in total. The van der Waals surface area contributed by atoms with Crippen LogP contribution in [0.5, 0.6) is 0 Å². The number of aromatic nitrogens is 4. The maximum absolute atomic E-state index is 13.3. The second kappa shape index (κ2) is 3.41. The van der Waals surface area contributed by atoms with Gasteiger partial charge in [-0.3, -0.25) is 5.10 Å². The van der Waals surface area contributed by atoms with E-state index in [0.717, 1.165) is 5.69 Å². The fraction of sp³-hybridized carbons (Fsp3) is 0. The van der Waals surface area contributed by atoms with Crippen molar-refractivity contribution in [3.05, 3.63) is 34.7 Å². The fourth-order valence-corrected chi connectivity index (χ4v) is 1.85. The molecule has 0 aliphatic rings. The Morgan fingerprint density at radius 3 is 2.94 bits per heavy atom. The minimum atomic E-state index is -0.313. The zero-order chi connectivity index (χ0) is 11.1. The molecular formula is C10H6BrFN4. The van der Waals surface area contributed by atoms with Gasteiger partial charge in [0.15, 0.2) is 5.82 Å². The lowest BCUT2D eigenvalue weighted by Crippen LogP contribution is -1.79. The van der Waals surface area contributed by atoms with Gasteiger partial charge in [0.1, 0.15) is 11.5 Å². The van der Waals surface area contributed by atoms with Gasteiger partial charge < -0.3 is 4.98 Å². The Bertz CT molecular complexity index is 605. The summed E-state index contributed by atoms with van der Waals surface area (Å²) < 4.78 is 13.7. The van der Waals surface area contributed by atoms with Crippen molar-refractivity contribution < 1.29 is 4.39 Å². The van der Waals surface area contributed by atoms with Crippen LogP contribution in [0.4, 0.5) is 4.39 Å². The van der Waals surface area contributed by atoms with Crippen molar-refractivity contribution in [3.8, 4) is 11.5 Å². The van der Waals surface area contributed by atoms with Gasteiger partial charge >= 0.3 is 0 Å². The second-order valence-electron chi connectivity index (χ2n) is 3.34. The Morgan fingerprint density at radius 2 is 2.19 bits per heavy atom. The Labute approximate surface area is 98.0 Å². The third-order valence-electron chi connectivity index (χ3n) is 2.28. The van der Waals surface area contributed by atoms with E-state index >= 15 is 0 Å². The Balaban J connectivity index is 2.23. The van der Waals surface area contributed by atoms with Crippen molar-refractivity contribution in [2.24, 2.45) is 0 Å². The van der Waals surface area contributed by atoms with Gasteiger partial charge in [-0.15, -0.1) is 0 Å². The van der Waals surface area contributed by atoms with E-state index in [1.165, 1.54) is 6.07 Å². The molecule has 0 bridgehead atoms. The number of halogens is 2. The first-order chi connectivity index (χ1) is 7.74. The summed E-state index contributed by atoms with van der Waals surface area (Å²) in [4.78, 5) is 7.36. The van der Waals surface area contributed by atoms with Gasteiger partial charge in [-0.25, -0.2) is 9.37 Å². The Kier molecular flexibility index (Phi) is 2.03. The summed E-state index contributed by atoms with van der Waals surface area (Å²) in [7, 11) is 0. The molecule has 6 heteroatoms. The van der Waals surface area contributed by atoms with E-state index in [1.807, 2.05) is 0 Å². The molecule has 0 spiro atoms. The van der Waals surface area contributed by atoms with E-state index in [9.17, 15) is 4.39 Å². The molecule has 2 N–H and O–H groups in total. The van der Waals surface area contributed by atoms with Crippen molar-refractivity contribution in [3.63, 3.8) is 0 Å². The molecule has 0 saturated heterocycles. The first-order valence-corrected chi connectivity index (χ1v) is 5.38. The number of nitrogens with one attached hydrogen (secondary N) is 2. The number of fused-ring (bicyclic) bond motifs is 1. The van der Waals surface area contributed by atoms with Gasteiger partial charge in [0, 0.05) is 12.3 Å². The predicted octanol–water partition coefficient (Wildman–Crippen LogP) is 2.85. The number of nitrogens with zero attached hydrogens (tertiary/aromatic N) is 2. The SMILES string of the molecule is Fc1cc2[nH]c(-c3ccn[nH]3)nc2cc1Br. The molecule has 3 rings (SSSR count). The number of hydrogen-bond acceptors (Lipinski definition) is 2. The van der Waals surface area contributed by atoms with Crippen LogP contribution in [0.25, 0.3) is 22.6 Å². The molecule has 1 aromatic carbocycles. The van der Waals surface area contributed by atoms with Crippen molar-refractivity contribution in [2.75, 3.05) is 0 Å². The van der Waals surface area contributed by atoms with Crippen molar-refractivity contribution in [1.29, 1.82) is 0 Å². The summed E-state index contributed by atoms with van der Waals surface area (Å²) in [5.41, 5.74) is 2.14. The molecule has 16 heavy (non-hydrogen) atoms. The summed E-state index contributed by atoms with van der Waals surface area (Å²) >= 11 is 3.13. The number of benzene rings is 1. The van der Waals surface area contributed by atoms with Crippen LogP contribution in [0.3, 0.4) is 0 Å². The van der Waals surface area contributed by atoms with Crippen LogP contribution in [0, 0.1) is 5.82 Å². The van der Waals surface area contributed by atoms with Gasteiger partial charge in [-0.05, 0) is 28.1 Å². The Morgan fingerprint density at radius 1 is 1.31 bits per heavy atom. The molecule has 0 aliphatic carbocycles. The Hall–Kier alpha value is -1.69. The van der Waals surface area contributed by atoms with Gasteiger partial charge in [0.05, 0.1) is 15.5 Å². The highest BCUT2D eigenvalue weighted by molar-refractivity contribution is 9.10. The summed E-state index contributed by atoms with van der Waals surface area (Å²) in [5.74, 6) is 0.331. The number of aromatic amines is 2. The number of imidazole rings is 1. The largest absolute Gasteiger partial charge is 0.337 e. The van der Waals surface area contributed by atoms with Crippen molar-refractivity contribution >= 4 is 27.0 Å². The molecule has 3 aromatic rings. The number of rotatable bonds is 1. The standard InChI is InChI=1S/C10H6BrFN4/c11-5-3-8-9(4-6(5)12)15-10(14-8)7-1-2-13-16-7/h1-4H,(H,13,16)(H,14,15). The third-order valence-corrected chi connectivity index (χ3v) is 2.89. The average molecular weight is 281 g/mol. The van der Waals surface area contributed by atoms with Gasteiger partial charge in [0.2, 0.25) is 0 Å². The topological polar surface area (TPSA) is 57.4 Å². The quantitative estimate of drug-likeness (QED) is 0.720. The first kappa shape index (κ1) is 9.53. The van der Waals surface area contributed by atoms with E-state index in [1.54, 1.807) is 18.3 Å². The summed E-state index contributed by atoms with van der Waals surface area (Å²) in [6.45, 7) is 0. The van der Waals surface area contributed by atoms with Crippen LogP contribution in [0.15, 0.2) is 28.9 Å². The molecule has 0 radical (unpaired) electrons. The predicted molar refractivity (Wildman–Crippen MR) is 61.3 cm³/mol. The molecule has 2 heterocycles. The van der Waals surface area contributed by atoms with Crippen LogP contribution in [0.2, 0.25) is 0 Å². The minimum Gasteiger partial charge on any atom is -0.337 e. The highest BCUT2D eigenvalue weighted by atomic mass is 79.9. The molecule has 0 aliphatic heterocycles. The highest BCUT2D eigenvalue weighted by Gasteiger charge is 2.09. The van der Waals surface area contributed by atoms with Crippen LogP contribution in [-0.4, -0.2) is 20.2 Å². The van der Waals surface area contributed by atoms with Crippen LogP contribution >= 0.6 is 15.9 Å². The first-order valence-electron chi connectivity index (χ1n) is 4.58. The molecule has 2 aromatic heterocycles. The number of hydrogen-bond donors (Lipinski definition) is 2. The molecule has 0 amide bonds. The smallest absolute Gasteiger partial charge is 0.156 e. The molecule has 0 unspecified atom stereocenters. The third kappa shape index (κ3) is 1.42. The van der Waals surface area contributed by atoms with Crippen LogP contribution in [0.1, 0.15) is 0 Å². The summed E-state index contributed by atoms with van der Waals surface area (Å²) in [6, 6.07) is 4.84. The van der Waals surface area contributed by atoms with Crippen LogP contribution in [-0.2, 0) is 0 Å². The van der Waals surface area contributed by atoms with E-state index in [2.05, 4.69) is 36.1 Å². The maximum atomic E-state index is 13.3. The van der Waals surface area contributed by atoms with Crippen molar-refractivity contribution in [2.45, 2.75) is 0 Å². The van der Waals surface area contributed by atoms with Gasteiger partial charge in [-0.1, -0.05) is 0 Å². The lowest BCUT2D eigenvalue weighted by molar-refractivity contribution is 0.623. The van der Waals surface area contributed by atoms with E-state index in [4.69, 9.17) is 0 Å². The van der Waals surface area contributed by atoms with Crippen molar-refractivity contribution in [1.82, 2.24) is 20.2 Å². The second-order valence-corrected chi connectivity index (χ2v) is 4.19. The lowest BCUT2D eigenvalue weighted by Gasteiger charge is -1.92. The zero-order valence-electron chi connectivity index (χ0n) is 7.96. The van der Waals surface area contributed by atoms with Crippen LogP contribution < -0.4 is 0 Å². The highest BCUT2D eigenvalue weighted by Crippen LogP contribution is 2.24. The molecular weight excluding hydrogens is 275 g/mol. The molecule has 80 valence electrons. The maximum Gasteiger partial charge on any atom is 0.156 e. The zero-order valence-corrected chi connectivity index (χ0v) is 9.55. The van der Waals surface area contributed by atoms with E-state index in [-0.39, 0.29) is 5.82 Å². The summed E-state index contributed by atoms with van der Waals surface area (Å²) in [6.07, 6.45) is 1.64. The molecule has 0 fully saturated rings. The normalized spacial score (nSPS) is 11.1. The minimum absolute atomic E-state index is 0.313. The van der Waals surface area contributed by atoms with E-state index < -0.39 is 0 Å². The van der Waals surface area contributed by atoms with Gasteiger partial charge in [0.25, 0.3) is 0 Å². The molecule has 0 saturated carbocycles. The monoisotopic (exact) mass is 280 g/mol. The fourth-order valence-electron chi connectivity index (χ4n) is 1.52. The average Bonchev–Trinajstić information content (AvgIpc) is 2.86.